The van der Waals surface area contributed by atoms with Crippen molar-refractivity contribution in [2.45, 2.75) is 25.7 Å². The van der Waals surface area contributed by atoms with E-state index in [2.05, 4.69) is 112 Å². The summed E-state index contributed by atoms with van der Waals surface area (Å²) in [5, 5.41) is 0. The van der Waals surface area contributed by atoms with Crippen LogP contribution in [0.2, 0.25) is 0 Å². The van der Waals surface area contributed by atoms with E-state index in [0.717, 1.165) is 0 Å². The summed E-state index contributed by atoms with van der Waals surface area (Å²) >= 11 is 0. The molecule has 4 rings (SSSR count). The molecule has 0 aliphatic heterocycles. The van der Waals surface area contributed by atoms with E-state index in [1.807, 2.05) is 0 Å². The zero-order valence-corrected chi connectivity index (χ0v) is 21.9. The van der Waals surface area contributed by atoms with E-state index >= 15 is 0 Å². The second kappa shape index (κ2) is 14.7. The van der Waals surface area contributed by atoms with Crippen LogP contribution in [0.25, 0.3) is 0 Å². The SMILES string of the molecule is CN(C)CCC[C]1[CH][CH][C]2C=CC=C[C]21.CN(C)CCC[C]1[CH][CH][C]2C=CC=C[C]21.[Eu+2]. The van der Waals surface area contributed by atoms with Crippen LogP contribution in [-0.2, 0) is 0 Å². The minimum atomic E-state index is 0. The molecule has 0 atom stereocenters. The summed E-state index contributed by atoms with van der Waals surface area (Å²) in [6, 6.07) is 0. The number of allylic oxidation sites excluding steroid dienone is 8. The maximum Gasteiger partial charge on any atom is 2.00 e. The van der Waals surface area contributed by atoms with Crippen molar-refractivity contribution in [3.8, 4) is 0 Å². The van der Waals surface area contributed by atoms with Crippen molar-refractivity contribution in [3.05, 3.63) is 110 Å². The molecular weight excluding hydrogens is 516 g/mol. The van der Waals surface area contributed by atoms with Gasteiger partial charge in [0.2, 0.25) is 0 Å². The van der Waals surface area contributed by atoms with Gasteiger partial charge in [0.05, 0.1) is 0 Å². The molecule has 0 aromatic heterocycles. The number of fused-ring (bicyclic) bond motifs is 2. The van der Waals surface area contributed by atoms with Gasteiger partial charge in [0, 0.05) is 23.7 Å². The van der Waals surface area contributed by atoms with Crippen LogP contribution < -0.4 is 0 Å². The van der Waals surface area contributed by atoms with Gasteiger partial charge >= 0.3 is 49.4 Å². The van der Waals surface area contributed by atoms with E-state index in [0.29, 0.717) is 0 Å². The maximum atomic E-state index is 2.26. The van der Waals surface area contributed by atoms with Crippen molar-refractivity contribution in [1.29, 1.82) is 0 Å². The first-order valence-corrected chi connectivity index (χ1v) is 11.1. The van der Waals surface area contributed by atoms with Crippen molar-refractivity contribution in [1.82, 2.24) is 9.80 Å². The fraction of sp³-hybridized carbons (Fsp3) is 0.357. The first-order valence-electron chi connectivity index (χ1n) is 11.1. The molecule has 0 spiro atoms. The quantitative estimate of drug-likeness (QED) is 0.409. The van der Waals surface area contributed by atoms with E-state index in [1.54, 1.807) is 0 Å². The Balaban J connectivity index is 0.000000213. The monoisotopic (exact) mass is 553 g/mol. The van der Waals surface area contributed by atoms with Gasteiger partial charge in [-0.1, -0.05) is 48.6 Å². The average Bonchev–Trinajstić information content (AvgIpc) is 3.33. The molecule has 0 N–H and O–H groups in total. The summed E-state index contributed by atoms with van der Waals surface area (Å²) in [6.07, 6.45) is 31.1. The van der Waals surface area contributed by atoms with Crippen molar-refractivity contribution < 1.29 is 49.4 Å². The zero-order valence-electron chi connectivity index (χ0n) is 19.4. The van der Waals surface area contributed by atoms with Gasteiger partial charge in [0.25, 0.3) is 0 Å². The number of nitrogens with zero attached hydrogens (tertiary/aromatic N) is 2. The number of hydrogen-bond acceptors (Lipinski definition) is 2. The molecule has 4 aliphatic rings. The Bertz CT molecular complexity index is 565. The molecule has 3 heteroatoms. The van der Waals surface area contributed by atoms with Crippen molar-refractivity contribution in [2.75, 3.05) is 41.3 Å². The van der Waals surface area contributed by atoms with Crippen LogP contribution in [0.1, 0.15) is 25.7 Å². The molecular formula is C28H36EuN2+2. The van der Waals surface area contributed by atoms with Crippen LogP contribution in [0, 0.1) is 111 Å². The largest absolute Gasteiger partial charge is 2.00 e. The standard InChI is InChI=1S/2C14H18N.Eu/c2*1-15(2)11-5-7-13-10-9-12-6-3-4-8-14(12)13;/h2*3-4,6,8-10H,5,7,11H2,1-2H3;/q;;+2. The Morgan fingerprint density at radius 3 is 1.32 bits per heavy atom. The van der Waals surface area contributed by atoms with Gasteiger partial charge in [-0.15, -0.1) is 0 Å². The summed E-state index contributed by atoms with van der Waals surface area (Å²) in [4.78, 5) is 4.48. The Kier molecular flexibility index (Phi) is 13.1. The van der Waals surface area contributed by atoms with E-state index < -0.39 is 0 Å². The minimum absolute atomic E-state index is 0. The molecule has 4 aliphatic carbocycles. The first-order chi connectivity index (χ1) is 14.5. The van der Waals surface area contributed by atoms with Gasteiger partial charge in [-0.05, 0) is 104 Å². The van der Waals surface area contributed by atoms with Crippen LogP contribution in [-0.4, -0.2) is 51.1 Å². The molecule has 163 valence electrons. The maximum absolute atomic E-state index is 2.26. The fourth-order valence-electron chi connectivity index (χ4n) is 4.04. The van der Waals surface area contributed by atoms with E-state index in [1.165, 1.54) is 74.3 Å². The molecule has 2 fully saturated rings. The van der Waals surface area contributed by atoms with Crippen LogP contribution in [0.15, 0.2) is 48.6 Å². The zero-order chi connectivity index (χ0) is 21.3. The topological polar surface area (TPSA) is 6.48 Å². The van der Waals surface area contributed by atoms with Crippen LogP contribution >= 0.6 is 0 Å². The van der Waals surface area contributed by atoms with Crippen molar-refractivity contribution in [3.63, 3.8) is 0 Å². The first kappa shape index (κ1) is 27.7. The third-order valence-corrected chi connectivity index (χ3v) is 5.64. The summed E-state index contributed by atoms with van der Waals surface area (Å²) < 4.78 is 0. The second-order valence-corrected chi connectivity index (χ2v) is 8.71. The van der Waals surface area contributed by atoms with E-state index in [4.69, 9.17) is 0 Å². The third kappa shape index (κ3) is 8.97. The van der Waals surface area contributed by atoms with Crippen LogP contribution in [0.5, 0.6) is 0 Å². The van der Waals surface area contributed by atoms with Gasteiger partial charge in [-0.3, -0.25) is 0 Å². The van der Waals surface area contributed by atoms with Crippen molar-refractivity contribution >= 4 is 0 Å². The molecule has 0 bridgehead atoms. The molecule has 0 aromatic carbocycles. The Morgan fingerprint density at radius 2 is 0.935 bits per heavy atom. The van der Waals surface area contributed by atoms with Gasteiger partial charge in [0.15, 0.2) is 0 Å². The summed E-state index contributed by atoms with van der Waals surface area (Å²) in [5.74, 6) is 8.59. The summed E-state index contributed by atoms with van der Waals surface area (Å²) in [7, 11) is 8.51. The number of hydrogen-bond donors (Lipinski definition) is 0. The smallest absolute Gasteiger partial charge is 0.309 e. The van der Waals surface area contributed by atoms with Crippen molar-refractivity contribution in [2.24, 2.45) is 0 Å². The van der Waals surface area contributed by atoms with Gasteiger partial charge in [-0.2, -0.15) is 0 Å². The molecule has 0 saturated heterocycles. The second-order valence-electron chi connectivity index (χ2n) is 8.71. The van der Waals surface area contributed by atoms with E-state index in [9.17, 15) is 0 Å². The summed E-state index contributed by atoms with van der Waals surface area (Å²) in [6.45, 7) is 2.33. The normalized spacial score (nSPS) is 22.1. The van der Waals surface area contributed by atoms with Crippen LogP contribution in [0.4, 0.5) is 0 Å². The Labute approximate surface area is 233 Å². The third-order valence-electron chi connectivity index (χ3n) is 5.64. The molecule has 0 unspecified atom stereocenters. The predicted octanol–water partition coefficient (Wildman–Crippen LogP) is 5.20. The average molecular weight is 553 g/mol. The van der Waals surface area contributed by atoms with Gasteiger partial charge in [-0.25, -0.2) is 0 Å². The summed E-state index contributed by atoms with van der Waals surface area (Å²) in [5.41, 5.74) is 0. The molecule has 11 radical (unpaired) electrons. The fourth-order valence-corrected chi connectivity index (χ4v) is 4.04. The van der Waals surface area contributed by atoms with Crippen LogP contribution in [0.3, 0.4) is 0 Å². The molecule has 0 aromatic rings. The molecule has 0 amide bonds. The van der Waals surface area contributed by atoms with Gasteiger partial charge < -0.3 is 9.80 Å². The molecule has 0 heterocycles. The Hall–Kier alpha value is 0.464. The number of rotatable bonds is 8. The molecule has 2 saturated carbocycles. The predicted molar refractivity (Wildman–Crippen MR) is 129 cm³/mol. The Morgan fingerprint density at radius 1 is 0.548 bits per heavy atom. The molecule has 2 nitrogen and oxygen atoms in total. The van der Waals surface area contributed by atoms with E-state index in [-0.39, 0.29) is 49.4 Å². The van der Waals surface area contributed by atoms with Gasteiger partial charge in [0.1, 0.15) is 0 Å². The minimum Gasteiger partial charge on any atom is -0.309 e. The molecule has 31 heavy (non-hydrogen) atoms.